The van der Waals surface area contributed by atoms with Crippen LogP contribution in [-0.4, -0.2) is 12.3 Å². The van der Waals surface area contributed by atoms with Gasteiger partial charge in [-0.3, -0.25) is 0 Å². The second-order valence-corrected chi connectivity index (χ2v) is 16.8. The molecular weight excluding hydrogens is 349 g/mol. The van der Waals surface area contributed by atoms with Crippen molar-refractivity contribution >= 4 is 64.0 Å². The van der Waals surface area contributed by atoms with E-state index in [1.807, 2.05) is 0 Å². The zero-order valence-electron chi connectivity index (χ0n) is 9.02. The summed E-state index contributed by atoms with van der Waals surface area (Å²) in [4.78, 5) is 0. The summed E-state index contributed by atoms with van der Waals surface area (Å²) in [6.45, 7) is 4.17. The van der Waals surface area contributed by atoms with Crippen LogP contribution >= 0.6 is 64.0 Å². The van der Waals surface area contributed by atoms with Crippen LogP contribution in [0, 0.1) is 0 Å². The lowest BCUT2D eigenvalue weighted by Crippen LogP contribution is -1.92. The average molecular weight is 363 g/mol. The first kappa shape index (κ1) is 15.9. The quantitative estimate of drug-likeness (QED) is 0.458. The highest BCUT2D eigenvalue weighted by Crippen LogP contribution is 2.85. The van der Waals surface area contributed by atoms with Crippen molar-refractivity contribution in [1.82, 2.24) is 0 Å². The Labute approximate surface area is 116 Å². The summed E-state index contributed by atoms with van der Waals surface area (Å²) in [5.74, 6) is -5.41. The fourth-order valence-electron chi connectivity index (χ4n) is 1.59. The lowest BCUT2D eigenvalue weighted by molar-refractivity contribution is 1.04. The molecule has 0 unspecified atom stereocenters. The Bertz CT molecular complexity index is 403. The summed E-state index contributed by atoms with van der Waals surface area (Å²) in [7, 11) is -1.91. The van der Waals surface area contributed by atoms with Gasteiger partial charge in [0.15, 0.2) is 0 Å². The van der Waals surface area contributed by atoms with E-state index in [0.717, 1.165) is 25.2 Å². The van der Waals surface area contributed by atoms with Crippen LogP contribution in [0.25, 0.3) is 0 Å². The van der Waals surface area contributed by atoms with Crippen molar-refractivity contribution in [2.24, 2.45) is 13.5 Å². The van der Waals surface area contributed by atoms with Crippen LogP contribution in [0.2, 0.25) is 0 Å². The highest BCUT2D eigenvalue weighted by atomic mass is 35.9. The van der Waals surface area contributed by atoms with Crippen molar-refractivity contribution < 1.29 is 0 Å². The summed E-state index contributed by atoms with van der Waals surface area (Å²) in [5, 5.41) is 0. The molecular formula is C6H14Cl4N3P3. The molecule has 0 aromatic heterocycles. The zero-order valence-corrected chi connectivity index (χ0v) is 14.7. The van der Waals surface area contributed by atoms with Gasteiger partial charge in [0.25, 0.3) is 11.8 Å². The third kappa shape index (κ3) is 4.51. The number of rotatable bonds is 4. The van der Waals surface area contributed by atoms with Crippen LogP contribution in [0.5, 0.6) is 0 Å². The van der Waals surface area contributed by atoms with Crippen LogP contribution in [0.1, 0.15) is 26.7 Å². The van der Waals surface area contributed by atoms with Crippen molar-refractivity contribution in [1.29, 1.82) is 0 Å². The average Bonchev–Trinajstić information content (AvgIpc) is 1.97. The van der Waals surface area contributed by atoms with Gasteiger partial charge in [0.1, 0.15) is 0 Å². The van der Waals surface area contributed by atoms with Gasteiger partial charge >= 0.3 is 0 Å². The van der Waals surface area contributed by atoms with Crippen molar-refractivity contribution in [3.8, 4) is 0 Å². The molecule has 0 bridgehead atoms. The molecule has 1 aliphatic heterocycles. The van der Waals surface area contributed by atoms with Crippen molar-refractivity contribution in [3.05, 3.63) is 0 Å². The second kappa shape index (κ2) is 5.87. The first-order valence-electron chi connectivity index (χ1n) is 4.92. The molecule has 0 atom stereocenters. The zero-order chi connectivity index (χ0) is 12.4. The van der Waals surface area contributed by atoms with Crippen molar-refractivity contribution in [3.63, 3.8) is 0 Å². The topological polar surface area (TPSA) is 37.1 Å². The second-order valence-electron chi connectivity index (χ2n) is 3.51. The Hall–Kier alpha value is 1.85. The van der Waals surface area contributed by atoms with Gasteiger partial charge in [0.2, 0.25) is 0 Å². The smallest absolute Gasteiger partial charge is 0.213 e. The molecule has 0 aromatic carbocycles. The van der Waals surface area contributed by atoms with E-state index in [1.165, 1.54) is 0 Å². The molecule has 1 aliphatic rings. The first-order valence-corrected chi connectivity index (χ1v) is 14.0. The molecule has 0 spiro atoms. The van der Waals surface area contributed by atoms with Gasteiger partial charge < -0.3 is 0 Å². The molecule has 1 rings (SSSR count). The SMILES string of the molecule is CCCP1(CCC)=NP(Cl)(Cl)=NP(Cl)(Cl)=N1. The van der Waals surface area contributed by atoms with Gasteiger partial charge in [-0.1, -0.05) is 13.8 Å². The normalized spacial score (nSPS) is 25.1. The van der Waals surface area contributed by atoms with Crippen LogP contribution in [0.4, 0.5) is 0 Å². The number of halogens is 4. The molecule has 10 heteroatoms. The molecule has 0 saturated heterocycles. The molecule has 0 radical (unpaired) electrons. The largest absolute Gasteiger partial charge is 0.255 e. The minimum absolute atomic E-state index is 0.874. The van der Waals surface area contributed by atoms with Gasteiger partial charge in [0.05, 0.1) is 7.21 Å². The molecule has 0 aromatic rings. The van der Waals surface area contributed by atoms with Crippen LogP contribution < -0.4 is 0 Å². The maximum atomic E-state index is 6.08. The fourth-order valence-corrected chi connectivity index (χ4v) is 19.6. The number of hydrogen-bond donors (Lipinski definition) is 0. The predicted octanol–water partition coefficient (Wildman–Crippen LogP) is 7.78. The minimum atomic E-state index is -2.70. The third-order valence-corrected chi connectivity index (χ3v) is 15.2. The van der Waals surface area contributed by atoms with Crippen LogP contribution in [0.3, 0.4) is 0 Å². The van der Waals surface area contributed by atoms with E-state index in [0.29, 0.717) is 0 Å². The minimum Gasteiger partial charge on any atom is -0.213 e. The standard InChI is InChI=1S/C6H14Cl4N3P3/c1-3-5-14(6-4-2)11-15(7,8)13-16(9,10)12-14/h3-6H2,1-2H3. The fraction of sp³-hybridized carbons (Fsp3) is 1.00. The maximum Gasteiger partial charge on any atom is 0.255 e. The van der Waals surface area contributed by atoms with Crippen molar-refractivity contribution in [2.45, 2.75) is 26.7 Å². The van der Waals surface area contributed by atoms with Gasteiger partial charge in [-0.25, -0.2) is 9.03 Å². The van der Waals surface area contributed by atoms with E-state index in [9.17, 15) is 0 Å². The highest BCUT2D eigenvalue weighted by molar-refractivity contribution is 8.21. The molecule has 0 fully saturated rings. The molecule has 96 valence electrons. The summed E-state index contributed by atoms with van der Waals surface area (Å²) >= 11 is 24.3. The van der Waals surface area contributed by atoms with E-state index >= 15 is 0 Å². The summed E-state index contributed by atoms with van der Waals surface area (Å²) in [5.41, 5.74) is 0. The summed E-state index contributed by atoms with van der Waals surface area (Å²) in [6, 6.07) is 0. The number of hydrogen-bond acceptors (Lipinski definition) is 3. The molecule has 3 nitrogen and oxygen atoms in total. The predicted molar refractivity (Wildman–Crippen MR) is 81.8 cm³/mol. The van der Waals surface area contributed by atoms with Crippen molar-refractivity contribution in [2.75, 3.05) is 12.3 Å². The molecule has 0 amide bonds. The number of nitrogens with zero attached hydrogens (tertiary/aromatic N) is 3. The van der Waals surface area contributed by atoms with E-state index in [-0.39, 0.29) is 0 Å². The first-order chi connectivity index (χ1) is 7.24. The van der Waals surface area contributed by atoms with Gasteiger partial charge in [0, 0.05) is 12.3 Å². The maximum absolute atomic E-state index is 6.08. The van der Waals surface area contributed by atoms with Crippen LogP contribution in [-0.2, 0) is 0 Å². The van der Waals surface area contributed by atoms with Gasteiger partial charge in [-0.05, 0) is 57.8 Å². The third-order valence-electron chi connectivity index (χ3n) is 1.93. The molecule has 0 saturated carbocycles. The Morgan fingerprint density at radius 2 is 1.19 bits per heavy atom. The van der Waals surface area contributed by atoms with Gasteiger partial charge in [-0.2, -0.15) is 4.52 Å². The lowest BCUT2D eigenvalue weighted by Gasteiger charge is -2.26. The van der Waals surface area contributed by atoms with E-state index < -0.39 is 19.0 Å². The summed E-state index contributed by atoms with van der Waals surface area (Å²) < 4.78 is 13.0. The Morgan fingerprint density at radius 1 is 0.750 bits per heavy atom. The summed E-state index contributed by atoms with van der Waals surface area (Å²) in [6.07, 6.45) is 3.70. The monoisotopic (exact) mass is 361 g/mol. The molecule has 0 N–H and O–H groups in total. The Balaban J connectivity index is 3.36. The van der Waals surface area contributed by atoms with E-state index in [1.54, 1.807) is 0 Å². The highest BCUT2D eigenvalue weighted by Gasteiger charge is 2.31. The Kier molecular flexibility index (Phi) is 5.84. The van der Waals surface area contributed by atoms with E-state index in [2.05, 4.69) is 27.4 Å². The van der Waals surface area contributed by atoms with Gasteiger partial charge in [-0.15, -0.1) is 0 Å². The Morgan fingerprint density at radius 3 is 1.56 bits per heavy atom. The molecule has 1 heterocycles. The van der Waals surface area contributed by atoms with E-state index in [4.69, 9.17) is 45.0 Å². The molecule has 0 aliphatic carbocycles. The van der Waals surface area contributed by atoms with Crippen LogP contribution in [0.15, 0.2) is 13.5 Å². The molecule has 16 heavy (non-hydrogen) atoms. The lowest BCUT2D eigenvalue weighted by atomic mass is 10.6.